The van der Waals surface area contributed by atoms with E-state index >= 15 is 0 Å². The molecule has 3 aromatic rings. The van der Waals surface area contributed by atoms with Gasteiger partial charge in [-0.15, -0.1) is 10.2 Å². The van der Waals surface area contributed by atoms with Crippen molar-refractivity contribution >= 4 is 43.9 Å². The Balaban J connectivity index is 1.40. The molecule has 1 N–H and O–H groups in total. The lowest BCUT2D eigenvalue weighted by molar-refractivity contribution is -0.135. The molecule has 1 amide bonds. The number of benzene rings is 1. The minimum absolute atomic E-state index is 0.0613. The van der Waals surface area contributed by atoms with Gasteiger partial charge >= 0.3 is 0 Å². The second kappa shape index (κ2) is 10.0. The Morgan fingerprint density at radius 1 is 1.18 bits per heavy atom. The van der Waals surface area contributed by atoms with Gasteiger partial charge in [-0.25, -0.2) is 17.2 Å². The van der Waals surface area contributed by atoms with Gasteiger partial charge in [-0.1, -0.05) is 24.2 Å². The van der Waals surface area contributed by atoms with Crippen LogP contribution in [-0.2, 0) is 21.9 Å². The van der Waals surface area contributed by atoms with E-state index in [0.717, 1.165) is 25.7 Å². The Morgan fingerprint density at radius 3 is 2.48 bits per heavy atom. The zero-order valence-corrected chi connectivity index (χ0v) is 23.4. The molecule has 6 rings (SSSR count). The minimum Gasteiger partial charge on any atom is -0.366 e. The maximum atomic E-state index is 13.5. The van der Waals surface area contributed by atoms with Gasteiger partial charge in [0.15, 0.2) is 10.0 Å². The largest absolute Gasteiger partial charge is 0.366 e. The Kier molecular flexibility index (Phi) is 6.75. The van der Waals surface area contributed by atoms with E-state index in [1.54, 1.807) is 17.8 Å². The van der Waals surface area contributed by atoms with Crippen LogP contribution in [0.15, 0.2) is 17.0 Å². The highest BCUT2D eigenvalue weighted by Crippen LogP contribution is 2.40. The lowest BCUT2D eigenvalue weighted by Crippen LogP contribution is -2.50. The molecule has 0 unspecified atom stereocenters. The van der Waals surface area contributed by atoms with Gasteiger partial charge in [-0.05, 0) is 37.8 Å². The molecule has 0 radical (unpaired) electrons. The molecule has 40 heavy (non-hydrogen) atoms. The molecule has 1 aliphatic heterocycles. The molecule has 15 heteroatoms. The summed E-state index contributed by atoms with van der Waals surface area (Å²) in [5, 5.41) is 21.6. The van der Waals surface area contributed by atoms with Crippen molar-refractivity contribution in [3.05, 3.63) is 17.1 Å². The lowest BCUT2D eigenvalue weighted by atomic mass is 10.1. The summed E-state index contributed by atoms with van der Waals surface area (Å²) in [4.78, 5) is 16.8. The molecule has 3 heterocycles. The minimum atomic E-state index is -4.11. The van der Waals surface area contributed by atoms with E-state index in [1.165, 1.54) is 6.07 Å². The van der Waals surface area contributed by atoms with Crippen LogP contribution in [0.4, 0.5) is 14.5 Å². The molecule has 11 nitrogen and oxygen atoms in total. The number of carbonyl (C=O) groups excluding carboxylic acids is 1. The molecular weight excluding hydrogens is 562 g/mol. The average Bonchev–Trinajstić information content (AvgIpc) is 3.33. The summed E-state index contributed by atoms with van der Waals surface area (Å²) in [6.45, 7) is 1.98. The van der Waals surface area contributed by atoms with Crippen LogP contribution < -0.4 is 9.62 Å². The van der Waals surface area contributed by atoms with Gasteiger partial charge in [0.2, 0.25) is 15.9 Å². The van der Waals surface area contributed by atoms with Crippen LogP contribution in [0.3, 0.4) is 0 Å². The number of aromatic nitrogens is 4. The Labute approximate surface area is 233 Å². The fourth-order valence-corrected chi connectivity index (χ4v) is 7.74. The first kappa shape index (κ1) is 27.0. The van der Waals surface area contributed by atoms with Crippen molar-refractivity contribution in [1.82, 2.24) is 29.6 Å². The molecule has 0 atom stereocenters. The smallest absolute Gasteiger partial charge is 0.291 e. The van der Waals surface area contributed by atoms with Crippen molar-refractivity contribution in [2.75, 3.05) is 31.1 Å². The topological polar surface area (TPSA) is 137 Å². The molecule has 3 fully saturated rings. The third-order valence-electron chi connectivity index (χ3n) is 7.96. The monoisotopic (exact) mass is 590 g/mol. The number of anilines is 1. The van der Waals surface area contributed by atoms with E-state index in [1.807, 2.05) is 15.9 Å². The van der Waals surface area contributed by atoms with Gasteiger partial charge in [0.05, 0.1) is 22.2 Å². The summed E-state index contributed by atoms with van der Waals surface area (Å²) in [5.41, 5.74) is 0.326. The van der Waals surface area contributed by atoms with Crippen LogP contribution in [0, 0.1) is 17.2 Å². The quantitative estimate of drug-likeness (QED) is 0.443. The summed E-state index contributed by atoms with van der Waals surface area (Å²) in [6.07, 6.45) is 2.06. The maximum absolute atomic E-state index is 13.5. The van der Waals surface area contributed by atoms with E-state index in [0.29, 0.717) is 66.9 Å². The number of hydrogen-bond acceptors (Lipinski definition) is 9. The van der Waals surface area contributed by atoms with Crippen LogP contribution in [0.2, 0.25) is 0 Å². The van der Waals surface area contributed by atoms with Crippen LogP contribution in [0.1, 0.15) is 50.0 Å². The number of alkyl halides is 2. The fourth-order valence-electron chi connectivity index (χ4n) is 5.62. The first-order valence-electron chi connectivity index (χ1n) is 13.2. The molecule has 2 aromatic heterocycles. The van der Waals surface area contributed by atoms with Crippen LogP contribution >= 0.6 is 11.3 Å². The molecule has 3 aliphatic rings. The number of rotatable bonds is 7. The Morgan fingerprint density at radius 2 is 1.88 bits per heavy atom. The normalized spacial score (nSPS) is 19.5. The molecule has 2 saturated carbocycles. The number of fused-ring (bicyclic) bond motifs is 1. The summed E-state index contributed by atoms with van der Waals surface area (Å²) in [7, 11) is -2.41. The summed E-state index contributed by atoms with van der Waals surface area (Å²) in [6, 6.07) is 5.05. The Bertz CT molecular complexity index is 1610. The number of amides is 1. The molecule has 1 saturated heterocycles. The number of nitrogens with zero attached hydrogens (tertiary/aromatic N) is 7. The van der Waals surface area contributed by atoms with E-state index in [9.17, 15) is 27.3 Å². The highest BCUT2D eigenvalue weighted by Gasteiger charge is 2.47. The van der Waals surface area contributed by atoms with Gasteiger partial charge in [0, 0.05) is 44.5 Å². The standard InChI is InChI=1S/C25H28F2N8O3S2/c1-33-20-17(19(31-33)22-29-30-23(39-22)21(26)27)12-16(40(37,38)32-25(14-28)6-7-25)13-18(20)34-8-10-35(11-9-34)24(36)15-4-2-3-5-15/h12-13,15,21,32H,2-11H2,1H3. The second-order valence-electron chi connectivity index (χ2n) is 10.7. The number of sulfonamides is 1. The second-order valence-corrected chi connectivity index (χ2v) is 13.3. The molecule has 0 bridgehead atoms. The van der Waals surface area contributed by atoms with Gasteiger partial charge in [0.1, 0.15) is 11.2 Å². The average molecular weight is 591 g/mol. The highest BCUT2D eigenvalue weighted by molar-refractivity contribution is 7.89. The predicted octanol–water partition coefficient (Wildman–Crippen LogP) is 3.20. The van der Waals surface area contributed by atoms with E-state index in [-0.39, 0.29) is 27.4 Å². The van der Waals surface area contributed by atoms with E-state index in [2.05, 4.69) is 20.0 Å². The fraction of sp³-hybridized carbons (Fsp3) is 0.560. The van der Waals surface area contributed by atoms with Crippen molar-refractivity contribution in [3.8, 4) is 16.8 Å². The highest BCUT2D eigenvalue weighted by atomic mass is 32.2. The zero-order chi connectivity index (χ0) is 28.2. The SMILES string of the molecule is Cn1nc(-c2nnc(C(F)F)s2)c2cc(S(=O)(=O)NC3(C#N)CC3)cc(N3CCN(C(=O)C4CCCC4)CC3)c21. The van der Waals surface area contributed by atoms with E-state index in [4.69, 9.17) is 0 Å². The molecule has 1 aromatic carbocycles. The number of carbonyl (C=O) groups is 1. The van der Waals surface area contributed by atoms with E-state index < -0.39 is 27.0 Å². The first-order chi connectivity index (χ1) is 19.1. The molecular formula is C25H28F2N8O3S2. The summed E-state index contributed by atoms with van der Waals surface area (Å²) >= 11 is 0.702. The molecule has 2 aliphatic carbocycles. The number of piperazine rings is 1. The predicted molar refractivity (Wildman–Crippen MR) is 143 cm³/mol. The van der Waals surface area contributed by atoms with Crippen molar-refractivity contribution in [2.45, 2.75) is 55.4 Å². The zero-order valence-electron chi connectivity index (χ0n) is 21.8. The van der Waals surface area contributed by atoms with Crippen LogP contribution in [-0.4, -0.2) is 70.9 Å². The summed E-state index contributed by atoms with van der Waals surface area (Å²) < 4.78 is 57.6. The number of halogens is 2. The van der Waals surface area contributed by atoms with Crippen molar-refractivity contribution in [1.29, 1.82) is 5.26 Å². The maximum Gasteiger partial charge on any atom is 0.291 e. The van der Waals surface area contributed by atoms with Gasteiger partial charge in [0.25, 0.3) is 6.43 Å². The first-order valence-corrected chi connectivity index (χ1v) is 15.5. The van der Waals surface area contributed by atoms with Gasteiger partial charge in [-0.2, -0.15) is 15.1 Å². The third-order valence-corrected chi connectivity index (χ3v) is 10.4. The third kappa shape index (κ3) is 4.82. The number of aryl methyl sites for hydroxylation is 1. The number of nitriles is 1. The van der Waals surface area contributed by atoms with Crippen LogP contribution in [0.5, 0.6) is 0 Å². The van der Waals surface area contributed by atoms with Crippen molar-refractivity contribution < 1.29 is 22.0 Å². The van der Waals surface area contributed by atoms with Crippen molar-refractivity contribution in [3.63, 3.8) is 0 Å². The summed E-state index contributed by atoms with van der Waals surface area (Å²) in [5.74, 6) is 0.264. The lowest BCUT2D eigenvalue weighted by Gasteiger charge is -2.37. The Hall–Kier alpha value is -3.22. The number of hydrogen-bond donors (Lipinski definition) is 1. The number of nitrogens with one attached hydrogen (secondary N) is 1. The molecule has 0 spiro atoms. The van der Waals surface area contributed by atoms with Gasteiger partial charge < -0.3 is 9.80 Å². The van der Waals surface area contributed by atoms with Gasteiger partial charge in [-0.3, -0.25) is 9.48 Å². The molecule has 212 valence electrons. The van der Waals surface area contributed by atoms with Crippen molar-refractivity contribution in [2.24, 2.45) is 13.0 Å². The van der Waals surface area contributed by atoms with Crippen LogP contribution in [0.25, 0.3) is 21.6 Å².